The molecule has 0 fully saturated rings. The van der Waals surface area contributed by atoms with Crippen molar-refractivity contribution in [1.29, 1.82) is 0 Å². The molecule has 0 aliphatic rings. The Morgan fingerprint density at radius 3 is 2.22 bits per heavy atom. The number of rotatable bonds is 9. The van der Waals surface area contributed by atoms with Gasteiger partial charge >= 0.3 is 0 Å². The number of alkyl halides is 2. The standard InChI is InChI=1S/C11H14F2NO3P.C6H14N2O/c12-11(13,18)8-3-1-7(2-4-8)5-14-10(17)9(16)6-15;1-7(2)4-5-8(3)6-9/h1-4,9,15-16H,5-6,18H2,(H,14,17);6H,4-5H2,1-3H3. The first-order valence-corrected chi connectivity index (χ1v) is 8.72. The van der Waals surface area contributed by atoms with Gasteiger partial charge in [-0.25, -0.2) is 0 Å². The van der Waals surface area contributed by atoms with E-state index in [1.807, 2.05) is 19.0 Å². The zero-order valence-corrected chi connectivity index (χ0v) is 16.9. The van der Waals surface area contributed by atoms with Gasteiger partial charge in [0.15, 0.2) is 6.10 Å². The third-order valence-corrected chi connectivity index (χ3v) is 3.69. The fourth-order valence-electron chi connectivity index (χ4n) is 1.65. The fraction of sp³-hybridized carbons (Fsp3) is 0.529. The Labute approximate surface area is 160 Å². The first-order chi connectivity index (χ1) is 12.5. The first kappa shape index (κ1) is 25.3. The second-order valence-corrected chi connectivity index (χ2v) is 6.85. The lowest BCUT2D eigenvalue weighted by Gasteiger charge is -2.13. The van der Waals surface area contributed by atoms with Crippen LogP contribution >= 0.6 is 9.24 Å². The molecule has 0 heterocycles. The number of benzene rings is 1. The molecule has 7 nitrogen and oxygen atoms in total. The summed E-state index contributed by atoms with van der Waals surface area (Å²) in [4.78, 5) is 24.8. The van der Waals surface area contributed by atoms with E-state index in [1.54, 1.807) is 11.9 Å². The number of aliphatic hydroxyl groups excluding tert-OH is 2. The van der Waals surface area contributed by atoms with Crippen LogP contribution in [0.15, 0.2) is 24.3 Å². The van der Waals surface area contributed by atoms with Crippen molar-refractivity contribution < 1.29 is 28.6 Å². The SMILES string of the molecule is CN(C)CCN(C)C=O.O=C(NCc1ccc(C(F)(F)P)cc1)C(O)CO. The molecule has 1 aromatic carbocycles. The van der Waals surface area contributed by atoms with Crippen molar-refractivity contribution in [3.63, 3.8) is 0 Å². The molecule has 0 aromatic heterocycles. The summed E-state index contributed by atoms with van der Waals surface area (Å²) in [5.41, 5.74) is -2.50. The topological polar surface area (TPSA) is 93.1 Å². The molecule has 3 N–H and O–H groups in total. The summed E-state index contributed by atoms with van der Waals surface area (Å²) in [5, 5.41) is 19.9. The van der Waals surface area contributed by atoms with Crippen LogP contribution in [0.4, 0.5) is 8.78 Å². The number of halogens is 2. The lowest BCUT2D eigenvalue weighted by molar-refractivity contribution is -0.131. The van der Waals surface area contributed by atoms with Gasteiger partial charge in [-0.2, -0.15) is 8.78 Å². The summed E-state index contributed by atoms with van der Waals surface area (Å²) in [6.45, 7) is 1.16. The van der Waals surface area contributed by atoms with Crippen molar-refractivity contribution >= 4 is 21.6 Å². The van der Waals surface area contributed by atoms with Crippen molar-refractivity contribution in [2.45, 2.75) is 18.3 Å². The average molecular weight is 407 g/mol. The van der Waals surface area contributed by atoms with Crippen molar-refractivity contribution in [2.24, 2.45) is 0 Å². The molecule has 0 bridgehead atoms. The van der Waals surface area contributed by atoms with Crippen LogP contribution in [0.25, 0.3) is 0 Å². The van der Waals surface area contributed by atoms with E-state index in [9.17, 15) is 18.4 Å². The van der Waals surface area contributed by atoms with E-state index in [1.165, 1.54) is 33.5 Å². The van der Waals surface area contributed by atoms with Gasteiger partial charge in [0.2, 0.25) is 6.41 Å². The minimum Gasteiger partial charge on any atom is -0.393 e. The monoisotopic (exact) mass is 407 g/mol. The molecule has 0 saturated carbocycles. The molecule has 27 heavy (non-hydrogen) atoms. The zero-order chi connectivity index (χ0) is 21.0. The quantitative estimate of drug-likeness (QED) is 0.402. The molecule has 2 unspecified atom stereocenters. The lowest BCUT2D eigenvalue weighted by atomic mass is 10.1. The molecule has 0 aliphatic carbocycles. The maximum atomic E-state index is 12.9. The van der Waals surface area contributed by atoms with E-state index in [0.29, 0.717) is 5.56 Å². The third kappa shape index (κ3) is 11.6. The first-order valence-electron chi connectivity index (χ1n) is 8.14. The van der Waals surface area contributed by atoms with Gasteiger partial charge in [0, 0.05) is 32.2 Å². The molecule has 154 valence electrons. The second kappa shape index (κ2) is 12.7. The van der Waals surface area contributed by atoms with E-state index in [2.05, 4.69) is 5.32 Å². The third-order valence-electron chi connectivity index (χ3n) is 3.36. The number of amides is 2. The number of nitrogens with one attached hydrogen (secondary N) is 1. The number of likely N-dealkylation sites (N-methyl/N-ethyl adjacent to an activating group) is 2. The normalized spacial score (nSPS) is 12.0. The van der Waals surface area contributed by atoms with Crippen molar-refractivity contribution in [2.75, 3.05) is 40.8 Å². The smallest absolute Gasteiger partial charge is 0.283 e. The highest BCUT2D eigenvalue weighted by molar-refractivity contribution is 7.17. The van der Waals surface area contributed by atoms with Crippen LogP contribution in [0.2, 0.25) is 0 Å². The summed E-state index contributed by atoms with van der Waals surface area (Å²) in [5.74, 6) is -0.710. The maximum Gasteiger partial charge on any atom is 0.283 e. The molecular formula is C17H28F2N3O4P. The largest absolute Gasteiger partial charge is 0.393 e. The van der Waals surface area contributed by atoms with Crippen LogP contribution < -0.4 is 5.32 Å². The Morgan fingerprint density at radius 2 is 1.81 bits per heavy atom. The number of hydrogen-bond donors (Lipinski definition) is 3. The number of carbonyl (C=O) groups excluding carboxylic acids is 2. The maximum absolute atomic E-state index is 12.9. The fourth-order valence-corrected chi connectivity index (χ4v) is 1.84. The Balaban J connectivity index is 0.000000636. The van der Waals surface area contributed by atoms with Crippen LogP contribution in [-0.2, 0) is 21.8 Å². The Kier molecular flexibility index (Phi) is 11.9. The van der Waals surface area contributed by atoms with Crippen molar-refractivity contribution in [3.05, 3.63) is 35.4 Å². The highest BCUT2D eigenvalue weighted by Crippen LogP contribution is 2.34. The van der Waals surface area contributed by atoms with Crippen LogP contribution in [0.3, 0.4) is 0 Å². The van der Waals surface area contributed by atoms with E-state index in [0.717, 1.165) is 19.5 Å². The van der Waals surface area contributed by atoms with Gasteiger partial charge in [0.1, 0.15) is 0 Å². The van der Waals surface area contributed by atoms with E-state index < -0.39 is 24.3 Å². The molecule has 0 saturated heterocycles. The lowest BCUT2D eigenvalue weighted by Crippen LogP contribution is -2.36. The molecule has 0 aliphatic heterocycles. The van der Waals surface area contributed by atoms with Crippen LogP contribution in [0.5, 0.6) is 0 Å². The van der Waals surface area contributed by atoms with E-state index >= 15 is 0 Å². The van der Waals surface area contributed by atoms with Gasteiger partial charge < -0.3 is 25.3 Å². The molecule has 0 spiro atoms. The van der Waals surface area contributed by atoms with E-state index in [4.69, 9.17) is 10.2 Å². The molecule has 2 amide bonds. The number of aliphatic hydroxyl groups is 2. The Hall–Kier alpha value is -1.67. The second-order valence-electron chi connectivity index (χ2n) is 6.13. The van der Waals surface area contributed by atoms with Gasteiger partial charge in [-0.05, 0) is 19.7 Å². The summed E-state index contributed by atoms with van der Waals surface area (Å²) in [6, 6.07) is 5.44. The summed E-state index contributed by atoms with van der Waals surface area (Å²) >= 11 is 0. The molecule has 0 radical (unpaired) electrons. The molecule has 1 aromatic rings. The van der Waals surface area contributed by atoms with Gasteiger partial charge in [-0.3, -0.25) is 9.59 Å². The minimum atomic E-state index is -2.98. The van der Waals surface area contributed by atoms with Crippen molar-refractivity contribution in [3.8, 4) is 0 Å². The predicted octanol–water partition coefficient (Wildman–Crippen LogP) is 0.217. The van der Waals surface area contributed by atoms with Gasteiger partial charge in [-0.1, -0.05) is 33.5 Å². The Bertz CT molecular complexity index is 568. The van der Waals surface area contributed by atoms with Gasteiger partial charge in [0.05, 0.1) is 6.61 Å². The predicted molar refractivity (Wildman–Crippen MR) is 102 cm³/mol. The minimum absolute atomic E-state index is 0.0958. The highest BCUT2D eigenvalue weighted by atomic mass is 31.0. The zero-order valence-electron chi connectivity index (χ0n) is 15.7. The molecule has 10 heteroatoms. The summed E-state index contributed by atoms with van der Waals surface area (Å²) in [7, 11) is 7.19. The molecule has 2 atom stereocenters. The highest BCUT2D eigenvalue weighted by Gasteiger charge is 2.23. The number of carbonyl (C=O) groups is 2. The average Bonchev–Trinajstić information content (AvgIpc) is 2.63. The summed E-state index contributed by atoms with van der Waals surface area (Å²) < 4.78 is 25.8. The van der Waals surface area contributed by atoms with Gasteiger partial charge in [0.25, 0.3) is 11.6 Å². The summed E-state index contributed by atoms with van der Waals surface area (Å²) in [6.07, 6.45) is -0.635. The van der Waals surface area contributed by atoms with Gasteiger partial charge in [-0.15, -0.1) is 0 Å². The molecule has 1 rings (SSSR count). The molecular weight excluding hydrogens is 379 g/mol. The van der Waals surface area contributed by atoms with Crippen LogP contribution in [0, 0.1) is 0 Å². The number of hydrogen-bond acceptors (Lipinski definition) is 5. The van der Waals surface area contributed by atoms with Crippen molar-refractivity contribution in [1.82, 2.24) is 15.1 Å². The Morgan fingerprint density at radius 1 is 1.26 bits per heavy atom. The van der Waals surface area contributed by atoms with Crippen LogP contribution in [-0.4, -0.2) is 79.3 Å². The number of nitrogens with zero attached hydrogens (tertiary/aromatic N) is 2. The van der Waals surface area contributed by atoms with E-state index in [-0.39, 0.29) is 12.1 Å². The van der Waals surface area contributed by atoms with Crippen LogP contribution in [0.1, 0.15) is 11.1 Å².